The van der Waals surface area contributed by atoms with Gasteiger partial charge in [-0.25, -0.2) is 9.97 Å². The van der Waals surface area contributed by atoms with Gasteiger partial charge >= 0.3 is 5.95 Å². The summed E-state index contributed by atoms with van der Waals surface area (Å²) in [4.78, 5) is 19.0. The molecule has 4 heterocycles. The Kier molecular flexibility index (Phi) is 3.96. The molecular formula is C16H14N4O3S. The Morgan fingerprint density at radius 1 is 1.38 bits per heavy atom. The summed E-state index contributed by atoms with van der Waals surface area (Å²) < 4.78 is 11.3. The fourth-order valence-corrected chi connectivity index (χ4v) is 3.11. The maximum Gasteiger partial charge on any atom is 0.315 e. The Labute approximate surface area is 142 Å². The van der Waals surface area contributed by atoms with Crippen molar-refractivity contribution >= 4 is 17.0 Å². The zero-order valence-electron chi connectivity index (χ0n) is 12.9. The van der Waals surface area contributed by atoms with Crippen molar-refractivity contribution in [3.8, 4) is 27.3 Å². The van der Waals surface area contributed by atoms with E-state index < -0.39 is 0 Å². The quantitative estimate of drug-likeness (QED) is 0.676. The van der Waals surface area contributed by atoms with Crippen LogP contribution in [0, 0.1) is 0 Å². The number of oxazole rings is 1. The van der Waals surface area contributed by atoms with Crippen molar-refractivity contribution < 1.29 is 14.0 Å². The molecule has 0 spiro atoms. The maximum absolute atomic E-state index is 5.74. The van der Waals surface area contributed by atoms with Gasteiger partial charge in [-0.1, -0.05) is 5.16 Å². The number of oxime groups is 1. The monoisotopic (exact) mass is 342 g/mol. The molecule has 0 saturated carbocycles. The summed E-state index contributed by atoms with van der Waals surface area (Å²) in [6.45, 7) is 2.89. The lowest BCUT2D eigenvalue weighted by Gasteiger charge is -2.11. The lowest BCUT2D eigenvalue weighted by molar-refractivity contribution is 0.156. The largest absolute Gasteiger partial charge is 0.463 e. The van der Waals surface area contributed by atoms with Crippen LogP contribution >= 0.6 is 11.3 Å². The van der Waals surface area contributed by atoms with Crippen LogP contribution in [-0.2, 0) is 4.84 Å². The molecule has 8 heteroatoms. The molecule has 0 N–H and O–H groups in total. The van der Waals surface area contributed by atoms with E-state index >= 15 is 0 Å². The second kappa shape index (κ2) is 6.40. The van der Waals surface area contributed by atoms with E-state index in [1.165, 1.54) is 11.3 Å². The summed E-state index contributed by atoms with van der Waals surface area (Å²) in [5, 5.41) is 4.96. The maximum atomic E-state index is 5.74. The van der Waals surface area contributed by atoms with Gasteiger partial charge < -0.3 is 14.0 Å². The molecule has 4 rings (SSSR count). The molecule has 0 bridgehead atoms. The van der Waals surface area contributed by atoms with Gasteiger partial charge in [-0.15, -0.1) is 11.3 Å². The molecule has 1 aliphatic heterocycles. The first-order valence-electron chi connectivity index (χ1n) is 7.54. The fraction of sp³-hybridized carbons (Fsp3) is 0.250. The predicted octanol–water partition coefficient (Wildman–Crippen LogP) is 3.38. The first-order valence-corrected chi connectivity index (χ1v) is 8.36. The minimum atomic E-state index is 0.381. The molecule has 0 radical (unpaired) electrons. The molecule has 3 aromatic rings. The SMILES string of the molecule is CCO/N=C1\CCOc2oc(-c3cnc(-c4cccnc4)s3)nc21. The van der Waals surface area contributed by atoms with Crippen molar-refractivity contribution in [1.82, 2.24) is 15.0 Å². The summed E-state index contributed by atoms with van der Waals surface area (Å²) in [5.41, 5.74) is 2.30. The number of hydrogen-bond acceptors (Lipinski definition) is 8. The van der Waals surface area contributed by atoms with E-state index in [4.69, 9.17) is 14.0 Å². The van der Waals surface area contributed by atoms with Crippen LogP contribution in [0.25, 0.3) is 21.3 Å². The first kappa shape index (κ1) is 14.8. The second-order valence-electron chi connectivity index (χ2n) is 4.98. The van der Waals surface area contributed by atoms with Gasteiger partial charge in [-0.3, -0.25) is 4.98 Å². The van der Waals surface area contributed by atoms with Crippen molar-refractivity contribution in [2.45, 2.75) is 13.3 Å². The third-order valence-electron chi connectivity index (χ3n) is 3.37. The topological polar surface area (TPSA) is 82.6 Å². The lowest BCUT2D eigenvalue weighted by Crippen LogP contribution is -2.16. The Hall–Kier alpha value is -2.74. The molecule has 0 saturated heterocycles. The minimum absolute atomic E-state index is 0.381. The predicted molar refractivity (Wildman–Crippen MR) is 89.1 cm³/mol. The first-order chi connectivity index (χ1) is 11.8. The van der Waals surface area contributed by atoms with E-state index in [2.05, 4.69) is 20.1 Å². The van der Waals surface area contributed by atoms with Crippen molar-refractivity contribution in [3.05, 3.63) is 36.4 Å². The highest BCUT2D eigenvalue weighted by atomic mass is 32.1. The molecule has 0 atom stereocenters. The summed E-state index contributed by atoms with van der Waals surface area (Å²) >= 11 is 1.49. The van der Waals surface area contributed by atoms with Crippen LogP contribution in [0.2, 0.25) is 0 Å². The third kappa shape index (κ3) is 2.76. The van der Waals surface area contributed by atoms with Gasteiger partial charge in [0.05, 0.1) is 12.8 Å². The molecule has 0 aliphatic carbocycles. The number of ether oxygens (including phenoxy) is 1. The van der Waals surface area contributed by atoms with Crippen LogP contribution in [-0.4, -0.2) is 33.9 Å². The molecule has 24 heavy (non-hydrogen) atoms. The zero-order chi connectivity index (χ0) is 16.4. The van der Waals surface area contributed by atoms with E-state index in [-0.39, 0.29) is 0 Å². The van der Waals surface area contributed by atoms with Crippen LogP contribution in [0.15, 0.2) is 40.3 Å². The molecular weight excluding hydrogens is 328 g/mol. The highest BCUT2D eigenvalue weighted by Crippen LogP contribution is 2.35. The van der Waals surface area contributed by atoms with E-state index in [1.54, 1.807) is 18.6 Å². The number of hydrogen-bond donors (Lipinski definition) is 0. The van der Waals surface area contributed by atoms with E-state index in [9.17, 15) is 0 Å². The Morgan fingerprint density at radius 2 is 2.33 bits per heavy atom. The van der Waals surface area contributed by atoms with Gasteiger partial charge in [0, 0.05) is 24.4 Å². The van der Waals surface area contributed by atoms with Crippen molar-refractivity contribution in [2.24, 2.45) is 5.16 Å². The van der Waals surface area contributed by atoms with Crippen LogP contribution in [0.5, 0.6) is 5.95 Å². The van der Waals surface area contributed by atoms with Crippen LogP contribution in [0.1, 0.15) is 19.0 Å². The number of fused-ring (bicyclic) bond motifs is 1. The number of rotatable bonds is 4. The average molecular weight is 342 g/mol. The van der Waals surface area contributed by atoms with Crippen molar-refractivity contribution in [3.63, 3.8) is 0 Å². The van der Waals surface area contributed by atoms with Crippen molar-refractivity contribution in [1.29, 1.82) is 0 Å². The molecule has 0 fully saturated rings. The molecule has 3 aromatic heterocycles. The summed E-state index contributed by atoms with van der Waals surface area (Å²) in [7, 11) is 0. The smallest absolute Gasteiger partial charge is 0.315 e. The number of thiazole rings is 1. The van der Waals surface area contributed by atoms with Crippen LogP contribution < -0.4 is 4.74 Å². The average Bonchev–Trinajstić information content (AvgIpc) is 3.27. The van der Waals surface area contributed by atoms with Gasteiger partial charge in [-0.2, -0.15) is 0 Å². The van der Waals surface area contributed by atoms with Crippen molar-refractivity contribution in [2.75, 3.05) is 13.2 Å². The van der Waals surface area contributed by atoms with E-state index in [0.717, 1.165) is 21.2 Å². The molecule has 122 valence electrons. The zero-order valence-corrected chi connectivity index (χ0v) is 13.7. The standard InChI is InChI=1S/C16H14N4O3S/c1-2-22-20-11-5-7-21-16-13(11)19-14(23-16)12-9-18-15(24-12)10-4-3-6-17-8-10/h3-4,6,8-9H,2,5,7H2,1H3/b20-11+. The van der Waals surface area contributed by atoms with Crippen LogP contribution in [0.4, 0.5) is 0 Å². The Bertz CT molecular complexity index is 873. The summed E-state index contributed by atoms with van der Waals surface area (Å²) in [6.07, 6.45) is 5.89. The summed E-state index contributed by atoms with van der Waals surface area (Å²) in [6, 6.07) is 3.84. The normalized spacial score (nSPS) is 15.1. The Morgan fingerprint density at radius 3 is 3.17 bits per heavy atom. The Balaban J connectivity index is 1.67. The lowest BCUT2D eigenvalue weighted by atomic mass is 10.2. The fourth-order valence-electron chi connectivity index (χ4n) is 2.28. The van der Waals surface area contributed by atoms with E-state index in [1.807, 2.05) is 19.1 Å². The minimum Gasteiger partial charge on any atom is -0.463 e. The number of nitrogens with zero attached hydrogens (tertiary/aromatic N) is 4. The summed E-state index contributed by atoms with van der Waals surface area (Å²) in [5.74, 6) is 0.852. The van der Waals surface area contributed by atoms with Gasteiger partial charge in [0.1, 0.15) is 22.2 Å². The van der Waals surface area contributed by atoms with Gasteiger partial charge in [0.15, 0.2) is 5.69 Å². The highest BCUT2D eigenvalue weighted by molar-refractivity contribution is 7.18. The third-order valence-corrected chi connectivity index (χ3v) is 4.40. The van der Waals surface area contributed by atoms with E-state index in [0.29, 0.717) is 37.2 Å². The van der Waals surface area contributed by atoms with Gasteiger partial charge in [0.25, 0.3) is 0 Å². The molecule has 7 nitrogen and oxygen atoms in total. The van der Waals surface area contributed by atoms with Gasteiger partial charge in [-0.05, 0) is 19.1 Å². The molecule has 0 amide bonds. The molecule has 0 aromatic carbocycles. The molecule has 0 unspecified atom stereocenters. The number of aromatic nitrogens is 3. The number of pyridine rings is 1. The molecule has 1 aliphatic rings. The van der Waals surface area contributed by atoms with Gasteiger partial charge in [0.2, 0.25) is 5.89 Å². The van der Waals surface area contributed by atoms with Crippen LogP contribution in [0.3, 0.4) is 0 Å². The second-order valence-corrected chi connectivity index (χ2v) is 6.01. The highest BCUT2D eigenvalue weighted by Gasteiger charge is 2.26.